The third-order valence-corrected chi connectivity index (χ3v) is 3.24. The number of aliphatic hydroxyl groups is 1. The van der Waals surface area contributed by atoms with Gasteiger partial charge < -0.3 is 21.5 Å². The van der Waals surface area contributed by atoms with E-state index in [-0.39, 0.29) is 24.7 Å². The average Bonchev–Trinajstić information content (AvgIpc) is 2.78. The zero-order valence-corrected chi connectivity index (χ0v) is 11.1. The molecule has 0 radical (unpaired) electrons. The van der Waals surface area contributed by atoms with E-state index in [1.807, 2.05) is 0 Å². The van der Waals surface area contributed by atoms with Crippen LogP contribution in [0.25, 0.3) is 0 Å². The predicted octanol–water partition coefficient (Wildman–Crippen LogP) is -0.207. The molecule has 110 valence electrons. The second-order valence-electron chi connectivity index (χ2n) is 5.00. The van der Waals surface area contributed by atoms with Gasteiger partial charge in [0.05, 0.1) is 18.0 Å². The summed E-state index contributed by atoms with van der Waals surface area (Å²) >= 11 is 0. The van der Waals surface area contributed by atoms with Gasteiger partial charge in [0.1, 0.15) is 6.54 Å². The highest BCUT2D eigenvalue weighted by atomic mass is 16.3. The van der Waals surface area contributed by atoms with Gasteiger partial charge >= 0.3 is 6.03 Å². The van der Waals surface area contributed by atoms with Crippen LogP contribution in [0.4, 0.5) is 10.5 Å². The Morgan fingerprint density at radius 1 is 1.40 bits per heavy atom. The number of aliphatic hydroxyl groups excluding tert-OH is 1. The van der Waals surface area contributed by atoms with E-state index in [0.717, 1.165) is 12.8 Å². The van der Waals surface area contributed by atoms with Crippen molar-refractivity contribution >= 4 is 17.6 Å². The fourth-order valence-electron chi connectivity index (χ4n) is 2.25. The van der Waals surface area contributed by atoms with Crippen molar-refractivity contribution in [3.63, 3.8) is 0 Å². The van der Waals surface area contributed by atoms with E-state index in [0.29, 0.717) is 18.5 Å². The summed E-state index contributed by atoms with van der Waals surface area (Å²) in [4.78, 5) is 22.5. The SMILES string of the molecule is NC(=O)Cn1cc(NC(=O)NC2CCC(O)CC2)cn1. The molecular weight excluding hydrogens is 262 g/mol. The maximum absolute atomic E-state index is 11.8. The number of amides is 3. The molecule has 0 saturated heterocycles. The second kappa shape index (κ2) is 6.38. The number of nitrogens with one attached hydrogen (secondary N) is 2. The normalized spacial score (nSPS) is 22.2. The number of carbonyl (C=O) groups is 2. The van der Waals surface area contributed by atoms with E-state index >= 15 is 0 Å². The van der Waals surface area contributed by atoms with Crippen LogP contribution < -0.4 is 16.4 Å². The molecule has 2 rings (SSSR count). The summed E-state index contributed by atoms with van der Waals surface area (Å²) < 4.78 is 1.36. The smallest absolute Gasteiger partial charge is 0.319 e. The second-order valence-corrected chi connectivity index (χ2v) is 5.00. The van der Waals surface area contributed by atoms with E-state index < -0.39 is 5.91 Å². The van der Waals surface area contributed by atoms with Crippen molar-refractivity contribution < 1.29 is 14.7 Å². The van der Waals surface area contributed by atoms with Crippen LogP contribution in [0, 0.1) is 0 Å². The Balaban J connectivity index is 1.79. The highest BCUT2D eigenvalue weighted by Gasteiger charge is 2.20. The summed E-state index contributed by atoms with van der Waals surface area (Å²) in [6.07, 6.45) is 5.71. The minimum absolute atomic E-state index is 0.0240. The summed E-state index contributed by atoms with van der Waals surface area (Å²) in [7, 11) is 0. The Labute approximate surface area is 116 Å². The fourth-order valence-corrected chi connectivity index (χ4v) is 2.25. The van der Waals surface area contributed by atoms with E-state index in [9.17, 15) is 14.7 Å². The topological polar surface area (TPSA) is 122 Å². The number of carbonyl (C=O) groups excluding carboxylic acids is 2. The highest BCUT2D eigenvalue weighted by molar-refractivity contribution is 5.89. The first kappa shape index (κ1) is 14.3. The molecular formula is C12H19N5O3. The molecule has 1 aliphatic carbocycles. The monoisotopic (exact) mass is 281 g/mol. The lowest BCUT2D eigenvalue weighted by Gasteiger charge is -2.26. The third kappa shape index (κ3) is 4.23. The van der Waals surface area contributed by atoms with Crippen LogP contribution in [0.15, 0.2) is 12.4 Å². The molecule has 3 amide bonds. The van der Waals surface area contributed by atoms with Crippen LogP contribution in [0.2, 0.25) is 0 Å². The summed E-state index contributed by atoms with van der Waals surface area (Å²) in [6.45, 7) is -0.0240. The van der Waals surface area contributed by atoms with Gasteiger partial charge in [0.15, 0.2) is 0 Å². The van der Waals surface area contributed by atoms with Crippen LogP contribution in [-0.2, 0) is 11.3 Å². The van der Waals surface area contributed by atoms with Gasteiger partial charge in [-0.3, -0.25) is 9.48 Å². The number of hydrogen-bond donors (Lipinski definition) is 4. The lowest BCUT2D eigenvalue weighted by atomic mass is 9.93. The number of hydrogen-bond acceptors (Lipinski definition) is 4. The Hall–Kier alpha value is -2.09. The van der Waals surface area contributed by atoms with Crippen molar-refractivity contribution in [3.05, 3.63) is 12.4 Å². The van der Waals surface area contributed by atoms with Crippen molar-refractivity contribution in [2.24, 2.45) is 5.73 Å². The molecule has 1 aromatic rings. The van der Waals surface area contributed by atoms with Crippen LogP contribution >= 0.6 is 0 Å². The molecule has 1 heterocycles. The molecule has 0 spiro atoms. The summed E-state index contributed by atoms with van der Waals surface area (Å²) in [5, 5.41) is 18.8. The molecule has 20 heavy (non-hydrogen) atoms. The zero-order chi connectivity index (χ0) is 14.5. The predicted molar refractivity (Wildman–Crippen MR) is 71.8 cm³/mol. The van der Waals surface area contributed by atoms with Gasteiger partial charge in [-0.15, -0.1) is 0 Å². The van der Waals surface area contributed by atoms with Crippen LogP contribution in [0.5, 0.6) is 0 Å². The number of anilines is 1. The lowest BCUT2D eigenvalue weighted by Crippen LogP contribution is -2.40. The van der Waals surface area contributed by atoms with E-state index in [2.05, 4.69) is 15.7 Å². The van der Waals surface area contributed by atoms with Crippen LogP contribution in [-0.4, -0.2) is 39.0 Å². The summed E-state index contributed by atoms with van der Waals surface area (Å²) in [5.41, 5.74) is 5.55. The van der Waals surface area contributed by atoms with Gasteiger partial charge in [-0.2, -0.15) is 5.10 Å². The van der Waals surface area contributed by atoms with Gasteiger partial charge in [0, 0.05) is 12.2 Å². The minimum Gasteiger partial charge on any atom is -0.393 e. The quantitative estimate of drug-likeness (QED) is 0.610. The van der Waals surface area contributed by atoms with E-state index in [1.165, 1.54) is 17.1 Å². The Kier molecular flexibility index (Phi) is 4.57. The largest absolute Gasteiger partial charge is 0.393 e. The van der Waals surface area contributed by atoms with Gasteiger partial charge in [-0.1, -0.05) is 0 Å². The van der Waals surface area contributed by atoms with Crippen molar-refractivity contribution in [2.45, 2.75) is 44.4 Å². The van der Waals surface area contributed by atoms with Crippen molar-refractivity contribution in [1.29, 1.82) is 0 Å². The van der Waals surface area contributed by atoms with E-state index in [4.69, 9.17) is 5.73 Å². The zero-order valence-electron chi connectivity index (χ0n) is 11.1. The summed E-state index contributed by atoms with van der Waals surface area (Å²) in [6, 6.07) is -0.232. The van der Waals surface area contributed by atoms with Crippen LogP contribution in [0.3, 0.4) is 0 Å². The Morgan fingerprint density at radius 3 is 2.75 bits per heavy atom. The molecule has 0 atom stereocenters. The fraction of sp³-hybridized carbons (Fsp3) is 0.583. The van der Waals surface area contributed by atoms with Gasteiger partial charge in [-0.25, -0.2) is 4.79 Å². The number of primary amides is 1. The molecule has 0 bridgehead atoms. The van der Waals surface area contributed by atoms with E-state index in [1.54, 1.807) is 0 Å². The number of aromatic nitrogens is 2. The minimum atomic E-state index is -0.495. The number of nitrogens with two attached hydrogens (primary N) is 1. The van der Waals surface area contributed by atoms with Gasteiger partial charge in [0.25, 0.3) is 0 Å². The average molecular weight is 281 g/mol. The molecule has 8 heteroatoms. The molecule has 1 fully saturated rings. The van der Waals surface area contributed by atoms with Crippen molar-refractivity contribution in [3.8, 4) is 0 Å². The molecule has 0 unspecified atom stereocenters. The molecule has 0 aliphatic heterocycles. The number of rotatable bonds is 4. The molecule has 0 aromatic carbocycles. The first-order valence-electron chi connectivity index (χ1n) is 6.59. The molecule has 1 aromatic heterocycles. The number of nitrogens with zero attached hydrogens (tertiary/aromatic N) is 2. The summed E-state index contributed by atoms with van der Waals surface area (Å²) in [5.74, 6) is -0.495. The van der Waals surface area contributed by atoms with Crippen molar-refractivity contribution in [2.75, 3.05) is 5.32 Å². The maximum Gasteiger partial charge on any atom is 0.319 e. The first-order valence-corrected chi connectivity index (χ1v) is 6.59. The van der Waals surface area contributed by atoms with Crippen molar-refractivity contribution in [1.82, 2.24) is 15.1 Å². The standard InChI is InChI=1S/C12H19N5O3/c13-11(19)7-17-6-9(5-14-17)16-12(20)15-8-1-3-10(18)4-2-8/h5-6,8,10,18H,1-4,7H2,(H2,13,19)(H2,15,16,20). The van der Waals surface area contributed by atoms with Gasteiger partial charge in [0.2, 0.25) is 5.91 Å². The first-order chi connectivity index (χ1) is 9.52. The third-order valence-electron chi connectivity index (χ3n) is 3.24. The molecule has 1 saturated carbocycles. The number of urea groups is 1. The molecule has 1 aliphatic rings. The van der Waals surface area contributed by atoms with Crippen LogP contribution in [0.1, 0.15) is 25.7 Å². The highest BCUT2D eigenvalue weighted by Crippen LogP contribution is 2.18. The Bertz CT molecular complexity index is 479. The maximum atomic E-state index is 11.8. The molecule has 5 N–H and O–H groups in total. The Morgan fingerprint density at radius 2 is 2.10 bits per heavy atom. The van der Waals surface area contributed by atoms with Gasteiger partial charge in [-0.05, 0) is 25.7 Å². The lowest BCUT2D eigenvalue weighted by molar-refractivity contribution is -0.118. The molecule has 8 nitrogen and oxygen atoms in total.